The number of likely N-dealkylation sites (tertiary alicyclic amines) is 1. The third kappa shape index (κ3) is 2.21. The first kappa shape index (κ1) is 14.1. The van der Waals surface area contributed by atoms with Gasteiger partial charge in [0.2, 0.25) is 15.0 Å². The lowest BCUT2D eigenvalue weighted by atomic mass is 10.2. The molecule has 0 spiro atoms. The minimum absolute atomic E-state index is 0.0739. The molecule has 0 N–H and O–H groups in total. The van der Waals surface area contributed by atoms with Crippen molar-refractivity contribution in [3.63, 3.8) is 0 Å². The Labute approximate surface area is 124 Å². The first-order valence-corrected chi connectivity index (χ1v) is 8.39. The number of sulfone groups is 1. The summed E-state index contributed by atoms with van der Waals surface area (Å²) in [6.45, 7) is 1.99. The summed E-state index contributed by atoms with van der Waals surface area (Å²) >= 11 is 1.02. The lowest BCUT2D eigenvalue weighted by molar-refractivity contribution is 0.0662. The van der Waals surface area contributed by atoms with Crippen LogP contribution in [-0.4, -0.2) is 61.9 Å². The smallest absolute Gasteiger partial charge is 0.267 e. The van der Waals surface area contributed by atoms with E-state index in [0.29, 0.717) is 10.6 Å². The van der Waals surface area contributed by atoms with Crippen molar-refractivity contribution in [1.29, 1.82) is 0 Å². The van der Waals surface area contributed by atoms with Gasteiger partial charge in [-0.1, -0.05) is 4.49 Å². The van der Waals surface area contributed by atoms with E-state index in [1.807, 2.05) is 0 Å². The van der Waals surface area contributed by atoms with E-state index in [0.717, 1.165) is 11.5 Å². The fraction of sp³-hybridized carbons (Fsp3) is 0.500. The number of carbonyl (C=O) groups is 1. The predicted molar refractivity (Wildman–Crippen MR) is 72.5 cm³/mol. The number of carbonyl (C=O) groups excluding carboxylic acids is 1. The van der Waals surface area contributed by atoms with Gasteiger partial charge >= 0.3 is 0 Å². The van der Waals surface area contributed by atoms with Gasteiger partial charge < -0.3 is 9.47 Å². The van der Waals surface area contributed by atoms with Gasteiger partial charge in [-0.3, -0.25) is 4.79 Å². The minimum atomic E-state index is -3.57. The van der Waals surface area contributed by atoms with Gasteiger partial charge in [0.25, 0.3) is 5.91 Å². The minimum Gasteiger partial charge on any atom is -0.335 e. The van der Waals surface area contributed by atoms with E-state index in [1.54, 1.807) is 14.0 Å². The fourth-order valence-corrected chi connectivity index (χ4v) is 4.34. The van der Waals surface area contributed by atoms with Gasteiger partial charge in [0.15, 0.2) is 0 Å². The molecule has 1 amide bonds. The Morgan fingerprint density at radius 2 is 2.10 bits per heavy atom. The van der Waals surface area contributed by atoms with Crippen molar-refractivity contribution in [2.24, 2.45) is 7.05 Å². The molecule has 1 aliphatic heterocycles. The highest BCUT2D eigenvalue weighted by molar-refractivity contribution is 7.92. The fourth-order valence-electron chi connectivity index (χ4n) is 2.05. The summed E-state index contributed by atoms with van der Waals surface area (Å²) in [4.78, 5) is 14.1. The molecular formula is C10H12N6O3S2. The lowest BCUT2D eigenvalue weighted by Crippen LogP contribution is -2.57. The van der Waals surface area contributed by atoms with Gasteiger partial charge in [-0.25, -0.2) is 8.42 Å². The highest BCUT2D eigenvalue weighted by atomic mass is 32.2. The van der Waals surface area contributed by atoms with E-state index in [2.05, 4.69) is 19.8 Å². The quantitative estimate of drug-likeness (QED) is 0.730. The second-order valence-corrected chi connectivity index (χ2v) is 7.66. The third-order valence-electron chi connectivity index (χ3n) is 3.34. The Bertz CT molecular complexity index is 789. The van der Waals surface area contributed by atoms with Crippen molar-refractivity contribution in [2.45, 2.75) is 17.3 Å². The highest BCUT2D eigenvalue weighted by Crippen LogP contribution is 2.24. The second-order valence-electron chi connectivity index (χ2n) is 4.79. The van der Waals surface area contributed by atoms with E-state index >= 15 is 0 Å². The van der Waals surface area contributed by atoms with Crippen LogP contribution in [0.3, 0.4) is 0 Å². The Morgan fingerprint density at radius 1 is 1.38 bits per heavy atom. The van der Waals surface area contributed by atoms with Gasteiger partial charge in [-0.15, -0.1) is 15.3 Å². The normalized spacial score (nSPS) is 16.0. The van der Waals surface area contributed by atoms with Crippen LogP contribution in [0.25, 0.3) is 0 Å². The molecular weight excluding hydrogens is 316 g/mol. The highest BCUT2D eigenvalue weighted by Gasteiger charge is 2.43. The molecule has 0 unspecified atom stereocenters. The predicted octanol–water partition coefficient (Wildman–Crippen LogP) is -0.727. The summed E-state index contributed by atoms with van der Waals surface area (Å²) in [7, 11) is -2.00. The zero-order chi connectivity index (χ0) is 15.2. The molecule has 0 aliphatic carbocycles. The van der Waals surface area contributed by atoms with Crippen LogP contribution in [0.5, 0.6) is 0 Å². The summed E-state index contributed by atoms with van der Waals surface area (Å²) < 4.78 is 29.7. The van der Waals surface area contributed by atoms with E-state index in [-0.39, 0.29) is 24.2 Å². The number of aromatic nitrogens is 5. The maximum Gasteiger partial charge on any atom is 0.267 e. The zero-order valence-electron chi connectivity index (χ0n) is 11.3. The van der Waals surface area contributed by atoms with Crippen molar-refractivity contribution in [3.05, 3.63) is 16.9 Å². The summed E-state index contributed by atoms with van der Waals surface area (Å²) in [6, 6.07) is 0. The Balaban J connectivity index is 1.73. The van der Waals surface area contributed by atoms with Gasteiger partial charge in [-0.2, -0.15) is 0 Å². The number of rotatable bonds is 3. The van der Waals surface area contributed by atoms with E-state index in [4.69, 9.17) is 0 Å². The van der Waals surface area contributed by atoms with Crippen molar-refractivity contribution in [1.82, 2.24) is 29.3 Å². The molecule has 1 fully saturated rings. The second kappa shape index (κ2) is 4.84. The largest absolute Gasteiger partial charge is 0.335 e. The average Bonchev–Trinajstić information content (AvgIpc) is 2.95. The van der Waals surface area contributed by atoms with Crippen LogP contribution in [0.2, 0.25) is 0 Å². The van der Waals surface area contributed by atoms with Crippen molar-refractivity contribution in [2.75, 3.05) is 13.1 Å². The number of aryl methyl sites for hydroxylation is 2. The number of nitrogens with zero attached hydrogens (tertiary/aromatic N) is 6. The van der Waals surface area contributed by atoms with Crippen molar-refractivity contribution >= 4 is 27.3 Å². The number of hydrogen-bond donors (Lipinski definition) is 0. The van der Waals surface area contributed by atoms with Crippen LogP contribution in [0, 0.1) is 6.92 Å². The summed E-state index contributed by atoms with van der Waals surface area (Å²) in [5.74, 6) is -0.230. The monoisotopic (exact) mass is 328 g/mol. The molecule has 3 rings (SSSR count). The maximum atomic E-state index is 12.3. The number of hydrogen-bond acceptors (Lipinski definition) is 8. The molecule has 0 saturated carbocycles. The Hall–Kier alpha value is -1.88. The summed E-state index contributed by atoms with van der Waals surface area (Å²) in [5.41, 5.74) is 0.560. The van der Waals surface area contributed by atoms with Gasteiger partial charge in [0.05, 0.1) is 5.69 Å². The average molecular weight is 328 g/mol. The van der Waals surface area contributed by atoms with E-state index < -0.39 is 15.1 Å². The van der Waals surface area contributed by atoms with Crippen LogP contribution in [0.4, 0.5) is 0 Å². The summed E-state index contributed by atoms with van der Waals surface area (Å²) in [5, 5.41) is 10.3. The van der Waals surface area contributed by atoms with Crippen molar-refractivity contribution < 1.29 is 13.2 Å². The SMILES string of the molecule is Cc1nnsc1C(=O)N1CC(S(=O)(=O)c2nncn2C)C1. The summed E-state index contributed by atoms with van der Waals surface area (Å²) in [6.07, 6.45) is 1.33. The van der Waals surface area contributed by atoms with Crippen LogP contribution < -0.4 is 0 Å². The lowest BCUT2D eigenvalue weighted by Gasteiger charge is -2.37. The van der Waals surface area contributed by atoms with E-state index in [9.17, 15) is 13.2 Å². The molecule has 11 heteroatoms. The first-order chi connectivity index (χ1) is 9.91. The molecule has 1 aliphatic rings. The molecule has 0 radical (unpaired) electrons. The molecule has 2 aromatic heterocycles. The molecule has 0 bridgehead atoms. The van der Waals surface area contributed by atoms with Crippen LogP contribution in [-0.2, 0) is 16.9 Å². The standard InChI is InChI=1S/C10H12N6O3S2/c1-6-8(20-14-12-6)9(17)16-3-7(4-16)21(18,19)10-13-11-5-15(10)2/h5,7H,3-4H2,1-2H3. The zero-order valence-corrected chi connectivity index (χ0v) is 12.9. The molecule has 2 aromatic rings. The number of amides is 1. The molecule has 1 saturated heterocycles. The van der Waals surface area contributed by atoms with Gasteiger partial charge in [0.1, 0.15) is 16.5 Å². The third-order valence-corrected chi connectivity index (χ3v) is 6.21. The molecule has 21 heavy (non-hydrogen) atoms. The van der Waals surface area contributed by atoms with Crippen LogP contribution in [0.1, 0.15) is 15.4 Å². The first-order valence-electron chi connectivity index (χ1n) is 6.07. The van der Waals surface area contributed by atoms with Crippen LogP contribution >= 0.6 is 11.5 Å². The topological polar surface area (TPSA) is 111 Å². The van der Waals surface area contributed by atoms with Gasteiger partial charge in [-0.05, 0) is 18.5 Å². The van der Waals surface area contributed by atoms with E-state index in [1.165, 1.54) is 15.8 Å². The van der Waals surface area contributed by atoms with Gasteiger partial charge in [0, 0.05) is 20.1 Å². The van der Waals surface area contributed by atoms with Crippen molar-refractivity contribution in [3.8, 4) is 0 Å². The van der Waals surface area contributed by atoms with Crippen LogP contribution in [0.15, 0.2) is 11.5 Å². The molecule has 0 aromatic carbocycles. The Morgan fingerprint density at radius 3 is 2.62 bits per heavy atom. The molecule has 3 heterocycles. The molecule has 0 atom stereocenters. The molecule has 9 nitrogen and oxygen atoms in total. The Kier molecular flexibility index (Phi) is 3.24. The maximum absolute atomic E-state index is 12.3. The molecule has 112 valence electrons.